The van der Waals surface area contributed by atoms with E-state index in [1.165, 1.54) is 5.56 Å². The number of halogens is 1. The lowest BCUT2D eigenvalue weighted by molar-refractivity contribution is -0.147. The Morgan fingerprint density at radius 2 is 2.00 bits per heavy atom. The van der Waals surface area contributed by atoms with E-state index in [9.17, 15) is 4.79 Å². The molecule has 1 saturated heterocycles. The van der Waals surface area contributed by atoms with Gasteiger partial charge in [-0.3, -0.25) is 4.79 Å². The molecular formula is C13H18ClNO2. The van der Waals surface area contributed by atoms with E-state index in [-0.39, 0.29) is 30.0 Å². The van der Waals surface area contributed by atoms with E-state index in [0.717, 1.165) is 6.42 Å². The van der Waals surface area contributed by atoms with E-state index in [2.05, 4.69) is 5.32 Å². The summed E-state index contributed by atoms with van der Waals surface area (Å²) in [4.78, 5) is 11.5. The van der Waals surface area contributed by atoms with Crippen LogP contribution in [0.4, 0.5) is 0 Å². The van der Waals surface area contributed by atoms with E-state index in [1.807, 2.05) is 44.2 Å². The predicted molar refractivity (Wildman–Crippen MR) is 69.1 cm³/mol. The van der Waals surface area contributed by atoms with Gasteiger partial charge in [-0.05, 0) is 19.4 Å². The molecule has 4 heteroatoms. The summed E-state index contributed by atoms with van der Waals surface area (Å²) in [5.41, 5.74) is 0.853. The van der Waals surface area contributed by atoms with Crippen LogP contribution < -0.4 is 5.32 Å². The standard InChI is InChI=1S/C13H17NO2.ClH/c1-13(2)8-11(12(15)16-13)14-9-10-6-4-3-5-7-10;/h3-7,11,14H,8-9H2,1-2H3;1H. The van der Waals surface area contributed by atoms with E-state index >= 15 is 0 Å². The summed E-state index contributed by atoms with van der Waals surface area (Å²) < 4.78 is 5.25. The molecule has 1 aliphatic rings. The third-order valence-electron chi connectivity index (χ3n) is 2.75. The van der Waals surface area contributed by atoms with Gasteiger partial charge in [0.15, 0.2) is 0 Å². The largest absolute Gasteiger partial charge is 0.458 e. The lowest BCUT2D eigenvalue weighted by Gasteiger charge is -2.14. The number of cyclic esters (lactones) is 1. The Labute approximate surface area is 108 Å². The van der Waals surface area contributed by atoms with E-state index in [0.29, 0.717) is 6.54 Å². The molecule has 0 aliphatic carbocycles. The monoisotopic (exact) mass is 255 g/mol. The van der Waals surface area contributed by atoms with Crippen molar-refractivity contribution in [2.45, 2.75) is 38.5 Å². The molecule has 1 fully saturated rings. The molecule has 1 aromatic carbocycles. The number of rotatable bonds is 3. The Morgan fingerprint density at radius 3 is 2.53 bits per heavy atom. The molecule has 94 valence electrons. The number of esters is 1. The van der Waals surface area contributed by atoms with Crippen LogP contribution in [0.2, 0.25) is 0 Å². The van der Waals surface area contributed by atoms with Gasteiger partial charge in [0.2, 0.25) is 0 Å². The molecule has 0 radical (unpaired) electrons. The summed E-state index contributed by atoms with van der Waals surface area (Å²) in [6, 6.07) is 9.88. The van der Waals surface area contributed by atoms with Gasteiger partial charge in [-0.15, -0.1) is 12.4 Å². The smallest absolute Gasteiger partial charge is 0.323 e. The molecule has 0 aromatic heterocycles. The molecule has 1 aliphatic heterocycles. The minimum absolute atomic E-state index is 0. The van der Waals surface area contributed by atoms with Gasteiger partial charge in [-0.1, -0.05) is 30.3 Å². The van der Waals surface area contributed by atoms with Gasteiger partial charge in [-0.2, -0.15) is 0 Å². The van der Waals surface area contributed by atoms with Crippen LogP contribution in [0.5, 0.6) is 0 Å². The van der Waals surface area contributed by atoms with Crippen LogP contribution in [-0.2, 0) is 16.1 Å². The zero-order valence-electron chi connectivity index (χ0n) is 10.1. The van der Waals surface area contributed by atoms with Gasteiger partial charge in [0.05, 0.1) is 0 Å². The molecule has 1 unspecified atom stereocenters. The number of benzene rings is 1. The summed E-state index contributed by atoms with van der Waals surface area (Å²) in [5, 5.41) is 3.23. The van der Waals surface area contributed by atoms with Crippen LogP contribution in [0.3, 0.4) is 0 Å². The Bertz CT molecular complexity index is 378. The molecule has 0 amide bonds. The number of nitrogens with one attached hydrogen (secondary N) is 1. The van der Waals surface area contributed by atoms with Crippen molar-refractivity contribution in [3.8, 4) is 0 Å². The van der Waals surface area contributed by atoms with Crippen molar-refractivity contribution in [2.24, 2.45) is 0 Å². The second-order valence-electron chi connectivity index (χ2n) is 4.80. The maximum absolute atomic E-state index is 11.5. The van der Waals surface area contributed by atoms with E-state index in [4.69, 9.17) is 4.74 Å². The molecular weight excluding hydrogens is 238 g/mol. The van der Waals surface area contributed by atoms with Crippen LogP contribution in [0.15, 0.2) is 30.3 Å². The van der Waals surface area contributed by atoms with Crippen molar-refractivity contribution in [3.63, 3.8) is 0 Å². The minimum atomic E-state index is -0.328. The maximum atomic E-state index is 11.5. The number of ether oxygens (including phenoxy) is 1. The Hall–Kier alpha value is -1.06. The minimum Gasteiger partial charge on any atom is -0.458 e. The summed E-state index contributed by atoms with van der Waals surface area (Å²) in [6.07, 6.45) is 0.735. The quantitative estimate of drug-likeness (QED) is 0.843. The third-order valence-corrected chi connectivity index (χ3v) is 2.75. The molecule has 2 rings (SSSR count). The first kappa shape index (κ1) is 14.0. The molecule has 0 bridgehead atoms. The highest BCUT2D eigenvalue weighted by atomic mass is 35.5. The van der Waals surface area contributed by atoms with E-state index in [1.54, 1.807) is 0 Å². The number of carbonyl (C=O) groups excluding carboxylic acids is 1. The van der Waals surface area contributed by atoms with Crippen molar-refractivity contribution in [2.75, 3.05) is 0 Å². The average Bonchev–Trinajstić information content (AvgIpc) is 2.50. The van der Waals surface area contributed by atoms with Crippen molar-refractivity contribution >= 4 is 18.4 Å². The van der Waals surface area contributed by atoms with Crippen LogP contribution in [0.1, 0.15) is 25.8 Å². The van der Waals surface area contributed by atoms with Crippen LogP contribution in [0, 0.1) is 0 Å². The van der Waals surface area contributed by atoms with Crippen molar-refractivity contribution in [1.82, 2.24) is 5.32 Å². The van der Waals surface area contributed by atoms with Crippen LogP contribution in [-0.4, -0.2) is 17.6 Å². The molecule has 1 aromatic rings. The molecule has 1 atom stereocenters. The zero-order valence-corrected chi connectivity index (χ0v) is 10.9. The highest BCUT2D eigenvalue weighted by Gasteiger charge is 2.39. The molecule has 1 heterocycles. The van der Waals surface area contributed by atoms with Crippen molar-refractivity contribution in [3.05, 3.63) is 35.9 Å². The lowest BCUT2D eigenvalue weighted by atomic mass is 10.0. The number of carbonyl (C=O) groups is 1. The Balaban J connectivity index is 0.00000144. The fourth-order valence-electron chi connectivity index (χ4n) is 1.95. The average molecular weight is 256 g/mol. The molecule has 3 nitrogen and oxygen atoms in total. The topological polar surface area (TPSA) is 38.3 Å². The fraction of sp³-hybridized carbons (Fsp3) is 0.462. The molecule has 0 saturated carbocycles. The van der Waals surface area contributed by atoms with Gasteiger partial charge >= 0.3 is 5.97 Å². The van der Waals surface area contributed by atoms with Gasteiger partial charge in [0.25, 0.3) is 0 Å². The maximum Gasteiger partial charge on any atom is 0.323 e. The van der Waals surface area contributed by atoms with Gasteiger partial charge in [-0.25, -0.2) is 0 Å². The highest BCUT2D eigenvalue weighted by Crippen LogP contribution is 2.25. The van der Waals surface area contributed by atoms with Gasteiger partial charge < -0.3 is 10.1 Å². The second-order valence-corrected chi connectivity index (χ2v) is 4.80. The molecule has 0 spiro atoms. The summed E-state index contributed by atoms with van der Waals surface area (Å²) >= 11 is 0. The lowest BCUT2D eigenvalue weighted by Crippen LogP contribution is -2.32. The summed E-state index contributed by atoms with van der Waals surface area (Å²) in [7, 11) is 0. The van der Waals surface area contributed by atoms with Crippen molar-refractivity contribution < 1.29 is 9.53 Å². The summed E-state index contributed by atoms with van der Waals surface area (Å²) in [5.74, 6) is -0.138. The first-order chi connectivity index (χ1) is 7.57. The van der Waals surface area contributed by atoms with Gasteiger partial charge in [0.1, 0.15) is 11.6 Å². The van der Waals surface area contributed by atoms with E-state index < -0.39 is 0 Å². The second kappa shape index (κ2) is 5.52. The van der Waals surface area contributed by atoms with Crippen molar-refractivity contribution in [1.29, 1.82) is 0 Å². The highest BCUT2D eigenvalue weighted by molar-refractivity contribution is 5.85. The Morgan fingerprint density at radius 1 is 1.35 bits per heavy atom. The zero-order chi connectivity index (χ0) is 11.6. The SMILES string of the molecule is CC1(C)CC(NCc2ccccc2)C(=O)O1.Cl. The van der Waals surface area contributed by atoms with Gasteiger partial charge in [0, 0.05) is 13.0 Å². The third kappa shape index (κ3) is 3.72. The number of hydrogen-bond donors (Lipinski definition) is 1. The molecule has 17 heavy (non-hydrogen) atoms. The summed E-state index contributed by atoms with van der Waals surface area (Å²) in [6.45, 7) is 4.58. The van der Waals surface area contributed by atoms with Crippen LogP contribution in [0.25, 0.3) is 0 Å². The Kier molecular flexibility index (Phi) is 4.54. The fourth-order valence-corrected chi connectivity index (χ4v) is 1.95. The first-order valence-corrected chi connectivity index (χ1v) is 5.57. The van der Waals surface area contributed by atoms with Crippen LogP contribution >= 0.6 is 12.4 Å². The first-order valence-electron chi connectivity index (χ1n) is 5.57. The normalized spacial score (nSPS) is 21.8. The predicted octanol–water partition coefficient (Wildman–Crippen LogP) is 2.29. The number of hydrogen-bond acceptors (Lipinski definition) is 3. The molecule has 1 N–H and O–H groups in total.